The van der Waals surface area contributed by atoms with Crippen LogP contribution >= 0.6 is 27.5 Å². The van der Waals surface area contributed by atoms with Crippen molar-refractivity contribution in [3.8, 4) is 5.75 Å². The topological polar surface area (TPSA) is 35.1 Å². The van der Waals surface area contributed by atoms with E-state index in [9.17, 15) is 0 Å². The summed E-state index contributed by atoms with van der Waals surface area (Å²) in [4.78, 5) is 0. The molecule has 1 aromatic carbocycles. The van der Waals surface area contributed by atoms with E-state index in [2.05, 4.69) is 28.2 Å². The highest BCUT2D eigenvalue weighted by Crippen LogP contribution is 2.27. The minimum Gasteiger partial charge on any atom is -0.490 e. The van der Waals surface area contributed by atoms with Crippen molar-refractivity contribution in [1.29, 1.82) is 0 Å². The molecule has 0 spiro atoms. The van der Waals surface area contributed by atoms with Crippen LogP contribution in [-0.2, 0) is 4.74 Å². The molecule has 1 rings (SSSR count). The molecule has 0 fully saturated rings. The second-order valence-corrected chi connectivity index (χ2v) is 5.58. The van der Waals surface area contributed by atoms with Gasteiger partial charge in [0, 0.05) is 4.47 Å². The second-order valence-electron chi connectivity index (χ2n) is 4.26. The monoisotopic (exact) mass is 350 g/mol. The summed E-state index contributed by atoms with van der Waals surface area (Å²) in [5.74, 6) is 0.697. The summed E-state index contributed by atoms with van der Waals surface area (Å²) in [6, 6.07) is 5.58. The van der Waals surface area contributed by atoms with E-state index >= 15 is 0 Å². The summed E-state index contributed by atoms with van der Waals surface area (Å²) in [5.41, 5.74) is 0. The first-order chi connectivity index (χ1) is 9.24. The summed E-state index contributed by atoms with van der Waals surface area (Å²) in [5, 5.41) is 2.90. The molecule has 0 bridgehead atoms. The van der Waals surface area contributed by atoms with Gasteiger partial charge in [-0.3, -0.25) is 0 Å². The third-order valence-corrected chi connectivity index (χ3v) is 3.40. The summed E-state index contributed by atoms with van der Waals surface area (Å²) in [7, 11) is 0. The quantitative estimate of drug-likeness (QED) is 0.658. The van der Waals surface area contributed by atoms with Gasteiger partial charge in [0.25, 0.3) is 0 Å². The van der Waals surface area contributed by atoms with Crippen LogP contribution in [0, 0.1) is 0 Å². The van der Waals surface area contributed by atoms with Gasteiger partial charge < -0.3 is 14.8 Å². The normalized spacial score (nSPS) is 10.7. The Labute approximate surface area is 128 Å². The molecule has 2 N–H and O–H groups in total. The second kappa shape index (κ2) is 10.5. The highest BCUT2D eigenvalue weighted by molar-refractivity contribution is 9.10. The standard InChI is InChI=1S/C14H21BrClNO2/c1-2-3-6-17-7-8-18-9-10-19-14-5-4-12(15)11-13(14)16/h4-5,11,17H,2-3,6-10H2,1H3/p+1. The molecular weight excluding hydrogens is 330 g/mol. The van der Waals surface area contributed by atoms with Crippen LogP contribution in [0.4, 0.5) is 0 Å². The van der Waals surface area contributed by atoms with Gasteiger partial charge >= 0.3 is 0 Å². The first-order valence-corrected chi connectivity index (χ1v) is 7.88. The van der Waals surface area contributed by atoms with Crippen molar-refractivity contribution < 1.29 is 14.8 Å². The van der Waals surface area contributed by atoms with Crippen LogP contribution in [0.2, 0.25) is 5.02 Å². The predicted octanol–water partition coefficient (Wildman–Crippen LogP) is 2.86. The number of nitrogens with two attached hydrogens (primary N) is 1. The van der Waals surface area contributed by atoms with Crippen molar-refractivity contribution in [2.24, 2.45) is 0 Å². The molecule has 0 atom stereocenters. The van der Waals surface area contributed by atoms with Crippen molar-refractivity contribution in [2.75, 3.05) is 32.9 Å². The van der Waals surface area contributed by atoms with Crippen LogP contribution < -0.4 is 10.1 Å². The highest BCUT2D eigenvalue weighted by atomic mass is 79.9. The minimum absolute atomic E-state index is 0.524. The highest BCUT2D eigenvalue weighted by Gasteiger charge is 2.01. The smallest absolute Gasteiger partial charge is 0.138 e. The van der Waals surface area contributed by atoms with E-state index in [1.165, 1.54) is 19.4 Å². The molecule has 0 saturated heterocycles. The van der Waals surface area contributed by atoms with Crippen LogP contribution in [-0.4, -0.2) is 32.9 Å². The van der Waals surface area contributed by atoms with Gasteiger partial charge in [0.2, 0.25) is 0 Å². The van der Waals surface area contributed by atoms with Gasteiger partial charge in [0.05, 0.1) is 31.3 Å². The van der Waals surface area contributed by atoms with E-state index in [1.807, 2.05) is 18.2 Å². The van der Waals surface area contributed by atoms with E-state index in [0.717, 1.165) is 17.6 Å². The molecule has 0 saturated carbocycles. The largest absolute Gasteiger partial charge is 0.490 e. The zero-order chi connectivity index (χ0) is 13.9. The molecular formula is C14H22BrClNO2+. The summed E-state index contributed by atoms with van der Waals surface area (Å²) < 4.78 is 12.0. The number of unbranched alkanes of at least 4 members (excludes halogenated alkanes) is 1. The maximum atomic E-state index is 6.04. The number of halogens is 2. The lowest BCUT2D eigenvalue weighted by molar-refractivity contribution is -0.656. The van der Waals surface area contributed by atoms with E-state index in [0.29, 0.717) is 24.0 Å². The Balaban J connectivity index is 2.01. The van der Waals surface area contributed by atoms with Gasteiger partial charge in [-0.2, -0.15) is 0 Å². The van der Waals surface area contributed by atoms with Crippen LogP contribution in [0.15, 0.2) is 22.7 Å². The Kier molecular flexibility index (Phi) is 9.26. The Morgan fingerprint density at radius 3 is 2.79 bits per heavy atom. The number of rotatable bonds is 10. The van der Waals surface area contributed by atoms with Gasteiger partial charge in [0.1, 0.15) is 12.4 Å². The van der Waals surface area contributed by atoms with Crippen molar-refractivity contribution in [3.63, 3.8) is 0 Å². The van der Waals surface area contributed by atoms with E-state index in [1.54, 1.807) is 0 Å². The summed E-state index contributed by atoms with van der Waals surface area (Å²) in [6.07, 6.45) is 2.52. The molecule has 5 heteroatoms. The minimum atomic E-state index is 0.524. The predicted molar refractivity (Wildman–Crippen MR) is 82.0 cm³/mol. The molecule has 1 aromatic rings. The third kappa shape index (κ3) is 7.78. The SMILES string of the molecule is CCCC[NH2+]CCOCCOc1ccc(Br)cc1Cl. The Morgan fingerprint density at radius 2 is 2.05 bits per heavy atom. The van der Waals surface area contributed by atoms with Gasteiger partial charge in [-0.15, -0.1) is 0 Å². The molecule has 0 radical (unpaired) electrons. The molecule has 0 aromatic heterocycles. The van der Waals surface area contributed by atoms with E-state index in [-0.39, 0.29) is 0 Å². The van der Waals surface area contributed by atoms with Crippen molar-refractivity contribution in [1.82, 2.24) is 0 Å². The Bertz CT molecular complexity index is 363. The number of benzene rings is 1. The van der Waals surface area contributed by atoms with Crippen molar-refractivity contribution in [2.45, 2.75) is 19.8 Å². The Hall–Kier alpha value is -0.290. The molecule has 0 aliphatic rings. The number of quaternary nitrogens is 1. The Morgan fingerprint density at radius 1 is 1.21 bits per heavy atom. The zero-order valence-corrected chi connectivity index (χ0v) is 13.7. The van der Waals surface area contributed by atoms with Gasteiger partial charge in [-0.25, -0.2) is 0 Å². The molecule has 0 unspecified atom stereocenters. The summed E-state index contributed by atoms with van der Waals surface area (Å²) >= 11 is 9.40. The first kappa shape index (κ1) is 16.8. The van der Waals surface area contributed by atoms with Crippen LogP contribution in [0.3, 0.4) is 0 Å². The van der Waals surface area contributed by atoms with Crippen LogP contribution in [0.5, 0.6) is 5.75 Å². The van der Waals surface area contributed by atoms with Crippen molar-refractivity contribution in [3.05, 3.63) is 27.7 Å². The van der Waals surface area contributed by atoms with Crippen molar-refractivity contribution >= 4 is 27.5 Å². The zero-order valence-electron chi connectivity index (χ0n) is 11.3. The maximum absolute atomic E-state index is 6.04. The average molecular weight is 352 g/mol. The van der Waals surface area contributed by atoms with Crippen LogP contribution in [0.25, 0.3) is 0 Å². The van der Waals surface area contributed by atoms with Gasteiger partial charge in [0.15, 0.2) is 0 Å². The molecule has 3 nitrogen and oxygen atoms in total. The van der Waals surface area contributed by atoms with Gasteiger partial charge in [-0.05, 0) is 24.6 Å². The lowest BCUT2D eigenvalue weighted by Crippen LogP contribution is -2.85. The maximum Gasteiger partial charge on any atom is 0.138 e. The van der Waals surface area contributed by atoms with E-state index in [4.69, 9.17) is 21.1 Å². The average Bonchev–Trinajstić information content (AvgIpc) is 2.39. The number of ether oxygens (including phenoxy) is 2. The lowest BCUT2D eigenvalue weighted by Gasteiger charge is -2.08. The molecule has 0 aliphatic carbocycles. The molecule has 0 heterocycles. The third-order valence-electron chi connectivity index (χ3n) is 2.61. The molecule has 108 valence electrons. The molecule has 19 heavy (non-hydrogen) atoms. The van der Waals surface area contributed by atoms with Gasteiger partial charge in [-0.1, -0.05) is 40.9 Å². The molecule has 0 amide bonds. The molecule has 0 aliphatic heterocycles. The first-order valence-electron chi connectivity index (χ1n) is 6.71. The van der Waals surface area contributed by atoms with E-state index < -0.39 is 0 Å². The number of hydrogen-bond donors (Lipinski definition) is 1. The fourth-order valence-electron chi connectivity index (χ4n) is 1.56. The lowest BCUT2D eigenvalue weighted by atomic mass is 10.3. The fourth-order valence-corrected chi connectivity index (χ4v) is 2.29. The summed E-state index contributed by atoms with van der Waals surface area (Å²) in [6.45, 7) is 6.28. The van der Waals surface area contributed by atoms with Crippen LogP contribution in [0.1, 0.15) is 19.8 Å². The fraction of sp³-hybridized carbons (Fsp3) is 0.571. The number of hydrogen-bond acceptors (Lipinski definition) is 2.